The van der Waals surface area contributed by atoms with Gasteiger partial charge in [0.15, 0.2) is 5.82 Å². The Labute approximate surface area is 118 Å². The minimum Gasteiger partial charge on any atom is -0.399 e. The minimum atomic E-state index is -4.32. The number of nitrogens with zero attached hydrogens (tertiary/aromatic N) is 1. The van der Waals surface area contributed by atoms with Gasteiger partial charge in [0.25, 0.3) is 10.0 Å². The minimum absolute atomic E-state index is 0.0241. The van der Waals surface area contributed by atoms with Gasteiger partial charge in [-0.3, -0.25) is 4.72 Å². The van der Waals surface area contributed by atoms with Crippen LogP contribution in [0.1, 0.15) is 0 Å². The van der Waals surface area contributed by atoms with Crippen molar-refractivity contribution in [3.63, 3.8) is 0 Å². The van der Waals surface area contributed by atoms with E-state index in [0.717, 1.165) is 18.2 Å². The summed E-state index contributed by atoms with van der Waals surface area (Å²) in [6.45, 7) is 0. The van der Waals surface area contributed by atoms with E-state index in [2.05, 4.69) is 4.98 Å². The van der Waals surface area contributed by atoms with Gasteiger partial charge < -0.3 is 5.73 Å². The third-order valence-corrected chi connectivity index (χ3v) is 3.89. The lowest BCUT2D eigenvalue weighted by Gasteiger charge is -2.09. The molecule has 20 heavy (non-hydrogen) atoms. The molecule has 0 radical (unpaired) electrons. The summed E-state index contributed by atoms with van der Waals surface area (Å²) >= 11 is 5.53. The van der Waals surface area contributed by atoms with Crippen LogP contribution in [0.15, 0.2) is 35.2 Å². The molecule has 5 nitrogen and oxygen atoms in total. The van der Waals surface area contributed by atoms with Gasteiger partial charge in [-0.05, 0) is 24.3 Å². The number of nitrogens with one attached hydrogen (secondary N) is 1. The Hall–Kier alpha value is -1.93. The van der Waals surface area contributed by atoms with Crippen LogP contribution in [-0.2, 0) is 10.0 Å². The molecule has 0 atom stereocenters. The van der Waals surface area contributed by atoms with Crippen molar-refractivity contribution in [1.29, 1.82) is 0 Å². The van der Waals surface area contributed by atoms with E-state index in [4.69, 9.17) is 17.3 Å². The second kappa shape index (κ2) is 5.22. The molecule has 0 unspecified atom stereocenters. The molecule has 0 saturated carbocycles. The molecule has 3 N–H and O–H groups in total. The van der Waals surface area contributed by atoms with E-state index in [1.165, 1.54) is 12.1 Å². The first-order valence-electron chi connectivity index (χ1n) is 5.19. The van der Waals surface area contributed by atoms with Gasteiger partial charge in [-0.2, -0.15) is 4.39 Å². The molecule has 2 aromatic rings. The number of nitrogen functional groups attached to an aromatic ring is 1. The van der Waals surface area contributed by atoms with Crippen LogP contribution >= 0.6 is 11.6 Å². The molecule has 0 amide bonds. The predicted octanol–water partition coefficient (Wildman–Crippen LogP) is 2.40. The lowest BCUT2D eigenvalue weighted by molar-refractivity contribution is 0.570. The number of nitrogens with two attached hydrogens (primary N) is 1. The molecule has 0 fully saturated rings. The molecule has 1 aromatic carbocycles. The molecule has 106 valence electrons. The second-order valence-corrected chi connectivity index (χ2v) is 5.82. The molecule has 9 heteroatoms. The molecular formula is C11H8ClF2N3O2S. The van der Waals surface area contributed by atoms with Crippen LogP contribution in [0.3, 0.4) is 0 Å². The molecule has 2 rings (SSSR count). The summed E-state index contributed by atoms with van der Waals surface area (Å²) in [5.74, 6) is -2.32. The molecular weight excluding hydrogens is 312 g/mol. The normalized spacial score (nSPS) is 11.3. The van der Waals surface area contributed by atoms with E-state index >= 15 is 0 Å². The number of rotatable bonds is 3. The highest BCUT2D eigenvalue weighted by Crippen LogP contribution is 2.26. The van der Waals surface area contributed by atoms with E-state index in [-0.39, 0.29) is 11.5 Å². The molecule has 0 aliphatic heterocycles. The summed E-state index contributed by atoms with van der Waals surface area (Å²) in [7, 11) is -4.32. The third kappa shape index (κ3) is 2.97. The van der Waals surface area contributed by atoms with E-state index in [1.54, 1.807) is 0 Å². The average Bonchev–Trinajstić information content (AvgIpc) is 2.33. The fourth-order valence-electron chi connectivity index (χ4n) is 1.44. The Bertz CT molecular complexity index is 768. The summed E-state index contributed by atoms with van der Waals surface area (Å²) < 4.78 is 52.6. The van der Waals surface area contributed by atoms with Crippen molar-refractivity contribution in [2.45, 2.75) is 4.90 Å². The summed E-state index contributed by atoms with van der Waals surface area (Å²) in [4.78, 5) is 2.57. The molecule has 1 aromatic heterocycles. The molecule has 0 aliphatic rings. The van der Waals surface area contributed by atoms with Crippen LogP contribution in [0.25, 0.3) is 0 Å². The quantitative estimate of drug-likeness (QED) is 0.672. The standard InChI is InChI=1S/C11H8ClF2N3O2S/c12-7-4-6(15)5-8(11(7)14)20(18,19)17-10-3-1-2-9(13)16-10/h1-5H,15H2,(H,16,17). The summed E-state index contributed by atoms with van der Waals surface area (Å²) in [5, 5.41) is -0.433. The van der Waals surface area contributed by atoms with Crippen LogP contribution < -0.4 is 10.5 Å². The highest BCUT2D eigenvalue weighted by molar-refractivity contribution is 7.92. The molecule has 0 aliphatic carbocycles. The first-order chi connectivity index (χ1) is 9.29. The fourth-order valence-corrected chi connectivity index (χ4v) is 2.86. The van der Waals surface area contributed by atoms with Crippen molar-refractivity contribution in [3.05, 3.63) is 47.1 Å². The lowest BCUT2D eigenvalue weighted by Crippen LogP contribution is -2.16. The smallest absolute Gasteiger partial charge is 0.266 e. The van der Waals surface area contributed by atoms with Gasteiger partial charge in [0.05, 0.1) is 5.02 Å². The summed E-state index contributed by atoms with van der Waals surface area (Å²) in [6.07, 6.45) is 0. The first kappa shape index (κ1) is 14.5. The van der Waals surface area contributed by atoms with Gasteiger partial charge >= 0.3 is 0 Å². The third-order valence-electron chi connectivity index (χ3n) is 2.26. The Kier molecular flexibility index (Phi) is 3.78. The van der Waals surface area contributed by atoms with Gasteiger partial charge in [-0.1, -0.05) is 17.7 Å². The van der Waals surface area contributed by atoms with E-state index in [0.29, 0.717) is 0 Å². The average molecular weight is 320 g/mol. The number of pyridine rings is 1. The Morgan fingerprint density at radius 3 is 2.60 bits per heavy atom. The van der Waals surface area contributed by atoms with Gasteiger partial charge in [0, 0.05) is 5.69 Å². The largest absolute Gasteiger partial charge is 0.399 e. The summed E-state index contributed by atoms with van der Waals surface area (Å²) in [6, 6.07) is 5.49. The van der Waals surface area contributed by atoms with Gasteiger partial charge in [-0.15, -0.1) is 0 Å². The van der Waals surface area contributed by atoms with E-state index in [1.807, 2.05) is 4.72 Å². The van der Waals surface area contributed by atoms with Crippen molar-refractivity contribution >= 4 is 33.1 Å². The Morgan fingerprint density at radius 2 is 1.95 bits per heavy atom. The molecule has 0 spiro atoms. The number of benzene rings is 1. The van der Waals surface area contributed by atoms with Crippen LogP contribution in [0.5, 0.6) is 0 Å². The number of aromatic nitrogens is 1. The molecule has 1 heterocycles. The highest BCUT2D eigenvalue weighted by Gasteiger charge is 2.22. The maximum Gasteiger partial charge on any atom is 0.266 e. The molecule has 0 bridgehead atoms. The topological polar surface area (TPSA) is 85.1 Å². The number of anilines is 2. The monoisotopic (exact) mass is 319 g/mol. The predicted molar refractivity (Wildman–Crippen MR) is 70.8 cm³/mol. The zero-order chi connectivity index (χ0) is 14.9. The SMILES string of the molecule is Nc1cc(Cl)c(F)c(S(=O)(=O)Nc2cccc(F)n2)c1. The Balaban J connectivity index is 2.46. The zero-order valence-corrected chi connectivity index (χ0v) is 11.3. The van der Waals surface area contributed by atoms with Crippen molar-refractivity contribution in [1.82, 2.24) is 4.98 Å². The number of sulfonamides is 1. The van der Waals surface area contributed by atoms with Crippen LogP contribution in [0.2, 0.25) is 5.02 Å². The Morgan fingerprint density at radius 1 is 1.25 bits per heavy atom. The number of hydrogen-bond donors (Lipinski definition) is 2. The van der Waals surface area contributed by atoms with Crippen molar-refractivity contribution in [3.8, 4) is 0 Å². The maximum absolute atomic E-state index is 13.8. The van der Waals surface area contributed by atoms with Crippen molar-refractivity contribution in [2.75, 3.05) is 10.5 Å². The molecule has 0 saturated heterocycles. The maximum atomic E-state index is 13.8. The van der Waals surface area contributed by atoms with Crippen LogP contribution in [0, 0.1) is 11.8 Å². The highest BCUT2D eigenvalue weighted by atomic mass is 35.5. The van der Waals surface area contributed by atoms with Crippen LogP contribution in [0.4, 0.5) is 20.3 Å². The first-order valence-corrected chi connectivity index (χ1v) is 7.05. The lowest BCUT2D eigenvalue weighted by atomic mass is 10.3. The van der Waals surface area contributed by atoms with Crippen molar-refractivity contribution < 1.29 is 17.2 Å². The van der Waals surface area contributed by atoms with Gasteiger partial charge in [0.2, 0.25) is 5.95 Å². The number of halogens is 3. The van der Waals surface area contributed by atoms with Crippen molar-refractivity contribution in [2.24, 2.45) is 0 Å². The van der Waals surface area contributed by atoms with Gasteiger partial charge in [-0.25, -0.2) is 17.8 Å². The second-order valence-electron chi connectivity index (χ2n) is 3.77. The zero-order valence-electron chi connectivity index (χ0n) is 9.77. The van der Waals surface area contributed by atoms with Gasteiger partial charge in [0.1, 0.15) is 10.7 Å². The van der Waals surface area contributed by atoms with E-state index in [9.17, 15) is 17.2 Å². The summed E-state index contributed by atoms with van der Waals surface area (Å²) in [5.41, 5.74) is 5.40. The fraction of sp³-hybridized carbons (Fsp3) is 0. The van der Waals surface area contributed by atoms with Crippen LogP contribution in [-0.4, -0.2) is 13.4 Å². The number of hydrogen-bond acceptors (Lipinski definition) is 4. The van der Waals surface area contributed by atoms with E-state index < -0.39 is 31.7 Å².